The Morgan fingerprint density at radius 1 is 0.759 bits per heavy atom. The molecule has 0 aromatic heterocycles. The Labute approximate surface area is 197 Å². The molecular formula is C25H30Fe2N2-8. The van der Waals surface area contributed by atoms with E-state index >= 15 is 0 Å². The summed E-state index contributed by atoms with van der Waals surface area (Å²) in [6, 6.07) is 37.4. The first-order chi connectivity index (χ1) is 13.3. The third-order valence-corrected chi connectivity index (χ3v) is 4.01. The van der Waals surface area contributed by atoms with Gasteiger partial charge in [0.05, 0.1) is 0 Å². The number of hydrogen-bond acceptors (Lipinski definition) is 2. The molecule has 29 heavy (non-hydrogen) atoms. The predicted octanol–water partition coefficient (Wildman–Crippen LogP) is 5.20. The van der Waals surface area contributed by atoms with Crippen molar-refractivity contribution in [1.29, 1.82) is 0 Å². The third kappa shape index (κ3) is 14.1. The molecule has 0 radical (unpaired) electrons. The number of hydrogen-bond donors (Lipinski definition) is 2. The molecule has 0 heterocycles. The average molecular weight is 470 g/mol. The van der Waals surface area contributed by atoms with Crippen molar-refractivity contribution in [2.24, 2.45) is 0 Å². The Morgan fingerprint density at radius 3 is 1.72 bits per heavy atom. The summed E-state index contributed by atoms with van der Waals surface area (Å²) in [6.45, 7) is 5.11. The van der Waals surface area contributed by atoms with Crippen LogP contribution in [0.5, 0.6) is 0 Å². The summed E-state index contributed by atoms with van der Waals surface area (Å²) in [5, 5.41) is 6.96. The van der Waals surface area contributed by atoms with Crippen LogP contribution in [-0.4, -0.2) is 12.6 Å². The molecule has 4 aromatic carbocycles. The molecule has 4 heteroatoms. The van der Waals surface area contributed by atoms with Crippen LogP contribution in [0.25, 0.3) is 0 Å². The van der Waals surface area contributed by atoms with Crippen LogP contribution in [0.1, 0.15) is 18.1 Å². The van der Waals surface area contributed by atoms with Gasteiger partial charge in [-0.1, -0.05) is 0 Å². The van der Waals surface area contributed by atoms with Crippen molar-refractivity contribution in [3.8, 4) is 0 Å². The molecule has 4 aromatic rings. The van der Waals surface area contributed by atoms with E-state index in [1.54, 1.807) is 0 Å². The smallest absolute Gasteiger partial charge is 0.0155 e. The van der Waals surface area contributed by atoms with Gasteiger partial charge in [-0.25, -0.2) is 36.4 Å². The molecule has 0 saturated heterocycles. The van der Waals surface area contributed by atoms with E-state index < -0.39 is 0 Å². The quantitative estimate of drug-likeness (QED) is 0.287. The van der Waals surface area contributed by atoms with E-state index in [0.29, 0.717) is 6.04 Å². The van der Waals surface area contributed by atoms with E-state index in [1.165, 1.54) is 11.1 Å². The Morgan fingerprint density at radius 2 is 1.28 bits per heavy atom. The SMILES string of the molecule is CC(CNC[c-]1[cH-][cH-][cH-][cH-]1)NC[c-]1cccc1.[Fe].[Fe].c1cc[cH-]c1.c1cc[cH-]c1. The summed E-state index contributed by atoms with van der Waals surface area (Å²) in [5.74, 6) is 0. The molecule has 0 aliphatic carbocycles. The predicted molar refractivity (Wildman–Crippen MR) is 116 cm³/mol. The van der Waals surface area contributed by atoms with Crippen molar-refractivity contribution in [3.05, 3.63) is 120 Å². The van der Waals surface area contributed by atoms with Crippen LogP contribution in [-0.2, 0) is 47.2 Å². The van der Waals surface area contributed by atoms with Crippen molar-refractivity contribution in [1.82, 2.24) is 10.6 Å². The molecule has 0 bridgehead atoms. The van der Waals surface area contributed by atoms with Crippen LogP contribution in [0.4, 0.5) is 0 Å². The Hall–Kier alpha value is -1.64. The van der Waals surface area contributed by atoms with Crippen molar-refractivity contribution in [3.63, 3.8) is 0 Å². The van der Waals surface area contributed by atoms with Crippen molar-refractivity contribution >= 4 is 0 Å². The summed E-state index contributed by atoms with van der Waals surface area (Å²) >= 11 is 0. The maximum atomic E-state index is 3.50. The molecule has 0 spiro atoms. The fourth-order valence-electron chi connectivity index (χ4n) is 2.50. The van der Waals surface area contributed by atoms with Crippen LogP contribution >= 0.6 is 0 Å². The molecule has 0 saturated carbocycles. The van der Waals surface area contributed by atoms with Gasteiger partial charge in [-0.05, 0) is 13.5 Å². The second kappa shape index (κ2) is 18.4. The fourth-order valence-corrected chi connectivity index (χ4v) is 2.50. The second-order valence-electron chi connectivity index (χ2n) is 6.42. The molecule has 2 N–H and O–H groups in total. The first-order valence-corrected chi connectivity index (χ1v) is 9.53. The van der Waals surface area contributed by atoms with Crippen LogP contribution in [0.3, 0.4) is 0 Å². The fraction of sp³-hybridized carbons (Fsp3) is 0.200. The molecule has 1 unspecified atom stereocenters. The molecule has 2 nitrogen and oxygen atoms in total. The van der Waals surface area contributed by atoms with E-state index in [2.05, 4.69) is 66.1 Å². The normalized spacial score (nSPS) is 10.2. The van der Waals surface area contributed by atoms with Crippen LogP contribution < -0.4 is 10.6 Å². The minimum absolute atomic E-state index is 0. The van der Waals surface area contributed by atoms with Gasteiger partial charge in [-0.15, -0.1) is 5.56 Å². The molecule has 1 atom stereocenters. The maximum Gasteiger partial charge on any atom is 0.0155 e. The van der Waals surface area contributed by atoms with Gasteiger partial charge in [0.2, 0.25) is 0 Å². The Bertz CT molecular complexity index is 666. The maximum absolute atomic E-state index is 3.50. The van der Waals surface area contributed by atoms with Crippen LogP contribution in [0.15, 0.2) is 109 Å². The van der Waals surface area contributed by atoms with Crippen molar-refractivity contribution < 1.29 is 34.1 Å². The monoisotopic (exact) mass is 470 g/mol. The Kier molecular flexibility index (Phi) is 17.4. The molecule has 0 amide bonds. The minimum atomic E-state index is 0. The third-order valence-electron chi connectivity index (χ3n) is 4.01. The first kappa shape index (κ1) is 27.4. The largest absolute Gasteiger partial charge is 0.748 e. The summed E-state index contributed by atoms with van der Waals surface area (Å²) < 4.78 is 0. The minimum Gasteiger partial charge on any atom is -0.748 e. The zero-order chi connectivity index (χ0) is 19.0. The van der Waals surface area contributed by atoms with Gasteiger partial charge in [0.25, 0.3) is 0 Å². The number of rotatable bonds is 7. The topological polar surface area (TPSA) is 24.1 Å². The average Bonchev–Trinajstić information content (AvgIpc) is 3.50. The zero-order valence-electron chi connectivity index (χ0n) is 16.8. The van der Waals surface area contributed by atoms with Gasteiger partial charge >= 0.3 is 0 Å². The number of nitrogens with one attached hydrogen (secondary N) is 2. The van der Waals surface area contributed by atoms with E-state index in [1.807, 2.05) is 60.7 Å². The van der Waals surface area contributed by atoms with E-state index in [4.69, 9.17) is 0 Å². The molecule has 4 rings (SSSR count). The summed E-state index contributed by atoms with van der Waals surface area (Å²) in [4.78, 5) is 0. The van der Waals surface area contributed by atoms with Gasteiger partial charge in [-0.2, -0.15) is 55.1 Å². The first-order valence-electron chi connectivity index (χ1n) is 9.53. The van der Waals surface area contributed by atoms with Gasteiger partial charge in [0.15, 0.2) is 0 Å². The van der Waals surface area contributed by atoms with E-state index in [0.717, 1.165) is 19.6 Å². The van der Waals surface area contributed by atoms with Crippen molar-refractivity contribution in [2.45, 2.75) is 26.1 Å². The van der Waals surface area contributed by atoms with Crippen LogP contribution in [0, 0.1) is 0 Å². The van der Waals surface area contributed by atoms with Gasteiger partial charge < -0.3 is 40.5 Å². The van der Waals surface area contributed by atoms with Gasteiger partial charge in [0.1, 0.15) is 0 Å². The standard InChI is InChI=1S/C15H20N2.2C5H5.2Fe/c1-13(17-12-15-8-4-5-9-15)10-16-11-14-6-2-3-7-14;2*1-2-4-5-3-1;;/h2-9,13,16-17H,10-12H2,1H3;2*1-5H;;/q-6;2*-1;;. The molecule has 0 aliphatic rings. The zero-order valence-corrected chi connectivity index (χ0v) is 19.0. The molecular weight excluding hydrogens is 440 g/mol. The Balaban J connectivity index is 0.000000537. The van der Waals surface area contributed by atoms with Gasteiger partial charge in [-0.3, -0.25) is 0 Å². The summed E-state index contributed by atoms with van der Waals surface area (Å²) in [6.07, 6.45) is 0. The van der Waals surface area contributed by atoms with E-state index in [9.17, 15) is 0 Å². The van der Waals surface area contributed by atoms with Gasteiger partial charge in [0, 0.05) is 46.7 Å². The summed E-state index contributed by atoms with van der Waals surface area (Å²) in [5.41, 5.74) is 2.71. The second-order valence-corrected chi connectivity index (χ2v) is 6.42. The molecule has 0 aliphatic heterocycles. The van der Waals surface area contributed by atoms with Crippen molar-refractivity contribution in [2.75, 3.05) is 6.54 Å². The molecule has 0 fully saturated rings. The summed E-state index contributed by atoms with van der Waals surface area (Å²) in [7, 11) is 0. The molecule has 164 valence electrons. The van der Waals surface area contributed by atoms with Crippen LogP contribution in [0.2, 0.25) is 0 Å². The van der Waals surface area contributed by atoms with E-state index in [-0.39, 0.29) is 34.1 Å².